The first-order valence-electron chi connectivity index (χ1n) is 10.0. The molecule has 1 heterocycles. The average molecular weight is 441 g/mol. The molecule has 0 saturated heterocycles. The normalized spacial score (nSPS) is 10.9. The molecule has 0 bridgehead atoms. The summed E-state index contributed by atoms with van der Waals surface area (Å²) in [7, 11) is 3.20. The molecule has 5 rings (SSSR count). The maximum atomic E-state index is 5.51. The van der Waals surface area contributed by atoms with Gasteiger partial charge in [0.2, 0.25) is 0 Å². The zero-order chi connectivity index (χ0) is 22.1. The van der Waals surface area contributed by atoms with E-state index < -0.39 is 0 Å². The van der Waals surface area contributed by atoms with Gasteiger partial charge in [-0.3, -0.25) is 0 Å². The van der Waals surface area contributed by atoms with Crippen LogP contribution in [0.15, 0.2) is 72.8 Å². The Bertz CT molecular complexity index is 1490. The van der Waals surface area contributed by atoms with Gasteiger partial charge in [-0.05, 0) is 53.3 Å². The highest BCUT2D eigenvalue weighted by Gasteiger charge is 2.10. The van der Waals surface area contributed by atoms with Crippen LogP contribution in [0.5, 0.6) is 11.5 Å². The number of aromatic nitrogens is 2. The molecule has 0 spiro atoms. The quantitative estimate of drug-likeness (QED) is 0.272. The van der Waals surface area contributed by atoms with Crippen molar-refractivity contribution in [1.29, 1.82) is 0 Å². The number of methoxy groups -OCH3 is 2. The van der Waals surface area contributed by atoms with Crippen LogP contribution in [0, 0.1) is 0 Å². The molecule has 0 fully saturated rings. The fourth-order valence-corrected chi connectivity index (χ4v) is 3.88. The maximum Gasteiger partial charge on any atom is 0.175 e. The zero-order valence-corrected chi connectivity index (χ0v) is 18.4. The van der Waals surface area contributed by atoms with Gasteiger partial charge < -0.3 is 20.1 Å². The minimum atomic E-state index is 0.500. The van der Waals surface area contributed by atoms with E-state index in [1.807, 2.05) is 48.5 Å². The molecule has 0 aliphatic carbocycles. The molecule has 0 unspecified atom stereocenters. The van der Waals surface area contributed by atoms with Gasteiger partial charge in [0.05, 0.1) is 36.3 Å². The first kappa shape index (κ1) is 20.0. The van der Waals surface area contributed by atoms with Crippen molar-refractivity contribution < 1.29 is 9.47 Å². The molecule has 0 radical (unpaired) electrons. The van der Waals surface area contributed by atoms with Crippen LogP contribution < -0.4 is 20.1 Å². The Morgan fingerprint density at radius 1 is 0.656 bits per heavy atom. The number of rotatable bonds is 4. The van der Waals surface area contributed by atoms with Crippen molar-refractivity contribution in [2.24, 2.45) is 0 Å². The number of nitrogens with zero attached hydrogens (tertiary/aromatic N) is 2. The lowest BCUT2D eigenvalue weighted by Crippen LogP contribution is -2.19. The maximum absolute atomic E-state index is 5.51. The van der Waals surface area contributed by atoms with Gasteiger partial charge in [0, 0.05) is 23.5 Å². The van der Waals surface area contributed by atoms with Crippen molar-refractivity contribution >= 4 is 61.5 Å². The minimum Gasteiger partial charge on any atom is -0.493 e. The van der Waals surface area contributed by atoms with E-state index in [1.54, 1.807) is 14.2 Å². The molecule has 0 atom stereocenters. The second-order valence-corrected chi connectivity index (χ2v) is 7.67. The van der Waals surface area contributed by atoms with Crippen LogP contribution in [0.4, 0.5) is 11.4 Å². The van der Waals surface area contributed by atoms with E-state index in [1.165, 1.54) is 5.39 Å². The van der Waals surface area contributed by atoms with Crippen molar-refractivity contribution in [3.05, 3.63) is 72.8 Å². The molecule has 6 nitrogen and oxygen atoms in total. The molecule has 7 heteroatoms. The number of anilines is 2. The number of benzene rings is 4. The molecule has 0 saturated carbocycles. The molecule has 5 aromatic rings. The summed E-state index contributed by atoms with van der Waals surface area (Å²) in [5, 5.41) is 9.31. The molecule has 0 amide bonds. The fourth-order valence-electron chi connectivity index (χ4n) is 3.64. The lowest BCUT2D eigenvalue weighted by atomic mass is 10.1. The van der Waals surface area contributed by atoms with Crippen LogP contribution in [0.25, 0.3) is 32.8 Å². The van der Waals surface area contributed by atoms with Gasteiger partial charge >= 0.3 is 0 Å². The van der Waals surface area contributed by atoms with Gasteiger partial charge in [0.15, 0.2) is 16.6 Å². The zero-order valence-electron chi connectivity index (χ0n) is 17.5. The van der Waals surface area contributed by atoms with E-state index in [9.17, 15) is 0 Å². The lowest BCUT2D eigenvalue weighted by Gasteiger charge is -2.12. The Kier molecular flexibility index (Phi) is 5.17. The predicted octanol–water partition coefficient (Wildman–Crippen LogP) is 5.76. The van der Waals surface area contributed by atoms with Crippen LogP contribution in [-0.4, -0.2) is 29.3 Å². The average Bonchev–Trinajstić information content (AvgIpc) is 2.81. The van der Waals surface area contributed by atoms with E-state index in [-0.39, 0.29) is 0 Å². The monoisotopic (exact) mass is 440 g/mol. The molecule has 1 aromatic heterocycles. The minimum absolute atomic E-state index is 0.500. The fraction of sp³-hybridized carbons (Fsp3) is 0.0800. The molecule has 4 aromatic carbocycles. The molecule has 32 heavy (non-hydrogen) atoms. The van der Waals surface area contributed by atoms with Gasteiger partial charge in [0.1, 0.15) is 0 Å². The van der Waals surface area contributed by atoms with Crippen molar-refractivity contribution in [1.82, 2.24) is 9.97 Å². The highest BCUT2D eigenvalue weighted by molar-refractivity contribution is 7.80. The highest BCUT2D eigenvalue weighted by Crippen LogP contribution is 2.31. The predicted molar refractivity (Wildman–Crippen MR) is 134 cm³/mol. The largest absolute Gasteiger partial charge is 0.493 e. The molecule has 0 aliphatic heterocycles. The van der Waals surface area contributed by atoms with Crippen LogP contribution in [0.2, 0.25) is 0 Å². The SMILES string of the molecule is COc1cc2nc3ccc(NC(=S)Nc4ccc5ccccc5c4)cc3nc2cc1OC. The van der Waals surface area contributed by atoms with Crippen LogP contribution in [-0.2, 0) is 0 Å². The summed E-state index contributed by atoms with van der Waals surface area (Å²) in [6, 6.07) is 23.8. The summed E-state index contributed by atoms with van der Waals surface area (Å²) >= 11 is 5.51. The Morgan fingerprint density at radius 2 is 1.22 bits per heavy atom. The smallest absolute Gasteiger partial charge is 0.175 e. The van der Waals surface area contributed by atoms with Crippen LogP contribution in [0.3, 0.4) is 0 Å². The number of ether oxygens (including phenoxy) is 2. The summed E-state index contributed by atoms with van der Waals surface area (Å²) in [6.07, 6.45) is 0. The van der Waals surface area contributed by atoms with Gasteiger partial charge in [-0.1, -0.05) is 30.3 Å². The first-order valence-corrected chi connectivity index (χ1v) is 10.4. The Labute approximate surface area is 190 Å². The highest BCUT2D eigenvalue weighted by atomic mass is 32.1. The third-order valence-corrected chi connectivity index (χ3v) is 5.41. The lowest BCUT2D eigenvalue weighted by molar-refractivity contribution is 0.355. The second-order valence-electron chi connectivity index (χ2n) is 7.26. The molecule has 0 aliphatic rings. The summed E-state index contributed by atoms with van der Waals surface area (Å²) in [6.45, 7) is 0. The Hall–Kier alpha value is -3.97. The van der Waals surface area contributed by atoms with Crippen molar-refractivity contribution in [3.8, 4) is 11.5 Å². The molecule has 2 N–H and O–H groups in total. The number of thiocarbonyl (C=S) groups is 1. The van der Waals surface area contributed by atoms with E-state index in [2.05, 4.69) is 34.9 Å². The molecular formula is C25H20N4O2S. The molecular weight excluding hydrogens is 420 g/mol. The molecule has 158 valence electrons. The van der Waals surface area contributed by atoms with Crippen molar-refractivity contribution in [2.45, 2.75) is 0 Å². The Morgan fingerprint density at radius 3 is 1.91 bits per heavy atom. The van der Waals surface area contributed by atoms with Gasteiger partial charge in [-0.25, -0.2) is 9.97 Å². The van der Waals surface area contributed by atoms with Gasteiger partial charge in [-0.15, -0.1) is 0 Å². The number of fused-ring (bicyclic) bond motifs is 3. The van der Waals surface area contributed by atoms with Gasteiger partial charge in [-0.2, -0.15) is 0 Å². The first-order chi connectivity index (χ1) is 15.6. The van der Waals surface area contributed by atoms with Crippen LogP contribution in [0.1, 0.15) is 0 Å². The van der Waals surface area contributed by atoms with Crippen molar-refractivity contribution in [2.75, 3.05) is 24.9 Å². The summed E-state index contributed by atoms with van der Waals surface area (Å²) in [5.74, 6) is 1.24. The van der Waals surface area contributed by atoms with E-state index >= 15 is 0 Å². The topological polar surface area (TPSA) is 68.3 Å². The van der Waals surface area contributed by atoms with E-state index in [0.717, 1.165) is 38.8 Å². The number of hydrogen-bond acceptors (Lipinski definition) is 5. The second kappa shape index (κ2) is 8.28. The van der Waals surface area contributed by atoms with Crippen molar-refractivity contribution in [3.63, 3.8) is 0 Å². The number of nitrogens with one attached hydrogen (secondary N) is 2. The van der Waals surface area contributed by atoms with E-state index in [0.29, 0.717) is 16.6 Å². The summed E-state index contributed by atoms with van der Waals surface area (Å²) in [5.41, 5.74) is 4.75. The van der Waals surface area contributed by atoms with Gasteiger partial charge in [0.25, 0.3) is 0 Å². The summed E-state index contributed by atoms with van der Waals surface area (Å²) < 4.78 is 10.8. The third-order valence-electron chi connectivity index (χ3n) is 5.20. The third kappa shape index (κ3) is 3.86. The van der Waals surface area contributed by atoms with E-state index in [4.69, 9.17) is 31.7 Å². The summed E-state index contributed by atoms with van der Waals surface area (Å²) in [4.78, 5) is 9.45. The Balaban J connectivity index is 1.40. The standard InChI is InChI=1S/C25H20N4O2S/c1-30-23-13-21-22(14-24(23)31-2)29-20-12-18(9-10-19(20)28-21)27-25(32)26-17-8-7-15-5-3-4-6-16(15)11-17/h3-14H,1-2H3,(H2,26,27,32). The number of hydrogen-bond donors (Lipinski definition) is 2. The van der Waals surface area contributed by atoms with Crippen LogP contribution >= 0.6 is 12.2 Å².